The molecule has 1 saturated heterocycles. The van der Waals surface area contributed by atoms with Crippen LogP contribution >= 0.6 is 22.7 Å². The van der Waals surface area contributed by atoms with Crippen LogP contribution in [0, 0.1) is 0 Å². The molecule has 0 spiro atoms. The van der Waals surface area contributed by atoms with E-state index in [0.29, 0.717) is 17.7 Å². The van der Waals surface area contributed by atoms with Crippen molar-refractivity contribution in [3.63, 3.8) is 0 Å². The quantitative estimate of drug-likeness (QED) is 0.525. The third-order valence-corrected chi connectivity index (χ3v) is 6.88. The monoisotopic (exact) mass is 424 g/mol. The van der Waals surface area contributed by atoms with Gasteiger partial charge >= 0.3 is 0 Å². The van der Waals surface area contributed by atoms with Crippen molar-refractivity contribution >= 4 is 40.2 Å². The second kappa shape index (κ2) is 9.37. The summed E-state index contributed by atoms with van der Waals surface area (Å²) in [6, 6.07) is 13.7. The van der Waals surface area contributed by atoms with Crippen LogP contribution in [0.5, 0.6) is 0 Å². The highest BCUT2D eigenvalue weighted by Gasteiger charge is 2.30. The number of hydrogen-bond donors (Lipinski definition) is 1. The predicted octanol–water partition coefficient (Wildman–Crippen LogP) is 5.75. The fourth-order valence-corrected chi connectivity index (χ4v) is 5.28. The van der Waals surface area contributed by atoms with Gasteiger partial charge in [0, 0.05) is 29.1 Å². The van der Waals surface area contributed by atoms with E-state index in [4.69, 9.17) is 0 Å². The normalized spacial score (nSPS) is 16.1. The van der Waals surface area contributed by atoms with E-state index in [0.717, 1.165) is 32.2 Å². The van der Waals surface area contributed by atoms with Gasteiger partial charge < -0.3 is 10.2 Å². The summed E-state index contributed by atoms with van der Waals surface area (Å²) in [5, 5.41) is 9.19. The van der Waals surface area contributed by atoms with Crippen LogP contribution in [0.1, 0.15) is 52.5 Å². The Morgan fingerprint density at radius 3 is 2.86 bits per heavy atom. The molecule has 3 aromatic rings. The van der Waals surface area contributed by atoms with Gasteiger partial charge in [-0.2, -0.15) is 11.3 Å². The number of benzene rings is 1. The number of nitrogens with zero attached hydrogens (tertiary/aromatic N) is 1. The van der Waals surface area contributed by atoms with Crippen LogP contribution in [-0.2, 0) is 11.2 Å². The molecule has 0 aliphatic carbocycles. The number of carbonyl (C=O) groups is 2. The van der Waals surface area contributed by atoms with Crippen molar-refractivity contribution in [1.29, 1.82) is 0 Å². The average molecular weight is 425 g/mol. The zero-order valence-electron chi connectivity index (χ0n) is 16.2. The Morgan fingerprint density at radius 1 is 1.14 bits per heavy atom. The lowest BCUT2D eigenvalue weighted by molar-refractivity contribution is -0.116. The van der Waals surface area contributed by atoms with E-state index in [1.807, 2.05) is 29.2 Å². The maximum Gasteiger partial charge on any atom is 0.254 e. The molecule has 4 nitrogen and oxygen atoms in total. The first kappa shape index (κ1) is 19.9. The van der Waals surface area contributed by atoms with Crippen LogP contribution in [0.25, 0.3) is 0 Å². The van der Waals surface area contributed by atoms with E-state index in [1.165, 1.54) is 10.4 Å². The number of aryl methyl sites for hydroxylation is 1. The van der Waals surface area contributed by atoms with Gasteiger partial charge in [-0.05, 0) is 77.7 Å². The SMILES string of the molecule is O=C(CCCc1cccs1)Nc1cccc(C(=O)N2CCCC2c2ccsc2)c1. The molecule has 1 unspecified atom stereocenters. The Kier molecular flexibility index (Phi) is 6.42. The van der Waals surface area contributed by atoms with Gasteiger partial charge in [0.15, 0.2) is 0 Å². The van der Waals surface area contributed by atoms with Crippen LogP contribution in [-0.4, -0.2) is 23.3 Å². The Balaban J connectivity index is 1.36. The molecular weight excluding hydrogens is 400 g/mol. The Bertz CT molecular complexity index is 951. The van der Waals surface area contributed by atoms with Gasteiger partial charge in [-0.3, -0.25) is 9.59 Å². The largest absolute Gasteiger partial charge is 0.332 e. The van der Waals surface area contributed by atoms with E-state index in [-0.39, 0.29) is 17.9 Å². The lowest BCUT2D eigenvalue weighted by Gasteiger charge is -2.24. The molecule has 2 amide bonds. The third-order valence-electron chi connectivity index (χ3n) is 5.24. The summed E-state index contributed by atoms with van der Waals surface area (Å²) < 4.78 is 0. The first-order valence-corrected chi connectivity index (χ1v) is 11.8. The summed E-state index contributed by atoms with van der Waals surface area (Å²) in [6.45, 7) is 0.776. The van der Waals surface area contributed by atoms with E-state index in [9.17, 15) is 9.59 Å². The van der Waals surface area contributed by atoms with Gasteiger partial charge in [-0.25, -0.2) is 0 Å². The number of amides is 2. The molecule has 2 aromatic heterocycles. The Morgan fingerprint density at radius 2 is 2.07 bits per heavy atom. The highest BCUT2D eigenvalue weighted by molar-refractivity contribution is 7.09. The Labute approximate surface area is 179 Å². The topological polar surface area (TPSA) is 49.4 Å². The van der Waals surface area contributed by atoms with Gasteiger partial charge in [0.2, 0.25) is 5.91 Å². The minimum atomic E-state index is -0.0107. The zero-order chi connectivity index (χ0) is 20.1. The van der Waals surface area contributed by atoms with E-state index in [1.54, 1.807) is 28.7 Å². The zero-order valence-corrected chi connectivity index (χ0v) is 17.8. The van der Waals surface area contributed by atoms with E-state index >= 15 is 0 Å². The molecule has 4 rings (SSSR count). The predicted molar refractivity (Wildman–Crippen MR) is 120 cm³/mol. The molecule has 0 bridgehead atoms. The minimum absolute atomic E-state index is 0.0107. The number of likely N-dealkylation sites (tertiary alicyclic amines) is 1. The first-order valence-electron chi connectivity index (χ1n) is 9.96. The summed E-state index contributed by atoms with van der Waals surface area (Å²) in [6.07, 6.45) is 4.24. The number of carbonyl (C=O) groups excluding carboxylic acids is 2. The van der Waals surface area contributed by atoms with Gasteiger partial charge in [0.05, 0.1) is 6.04 Å². The third kappa shape index (κ3) is 4.95. The molecule has 150 valence electrons. The van der Waals surface area contributed by atoms with Crippen molar-refractivity contribution in [2.45, 2.75) is 38.1 Å². The van der Waals surface area contributed by atoms with E-state index in [2.05, 4.69) is 33.6 Å². The van der Waals surface area contributed by atoms with Gasteiger partial charge in [-0.1, -0.05) is 12.1 Å². The molecule has 1 atom stereocenters. The molecule has 0 saturated carbocycles. The van der Waals surface area contributed by atoms with Crippen molar-refractivity contribution in [3.8, 4) is 0 Å². The smallest absolute Gasteiger partial charge is 0.254 e. The van der Waals surface area contributed by atoms with Crippen LogP contribution < -0.4 is 5.32 Å². The number of hydrogen-bond acceptors (Lipinski definition) is 4. The standard InChI is InChI=1S/C23H24N2O2S2/c26-22(10-2-7-20-8-4-13-29-20)24-19-6-1-5-17(15-19)23(27)25-12-3-9-21(25)18-11-14-28-16-18/h1,4-6,8,11,13-16,21H,2-3,7,9-10,12H2,(H,24,26). The summed E-state index contributed by atoms with van der Waals surface area (Å²) in [4.78, 5) is 28.7. The maximum absolute atomic E-state index is 13.1. The minimum Gasteiger partial charge on any atom is -0.332 e. The molecule has 1 aromatic carbocycles. The lowest BCUT2D eigenvalue weighted by atomic mass is 10.1. The molecular formula is C23H24N2O2S2. The number of nitrogens with one attached hydrogen (secondary N) is 1. The van der Waals surface area contributed by atoms with E-state index < -0.39 is 0 Å². The fraction of sp³-hybridized carbons (Fsp3) is 0.304. The van der Waals surface area contributed by atoms with Crippen LogP contribution in [0.4, 0.5) is 5.69 Å². The van der Waals surface area contributed by atoms with Gasteiger partial charge in [-0.15, -0.1) is 11.3 Å². The number of thiophene rings is 2. The van der Waals surface area contributed by atoms with Gasteiger partial charge in [0.25, 0.3) is 5.91 Å². The lowest BCUT2D eigenvalue weighted by Crippen LogP contribution is -2.30. The molecule has 1 aliphatic rings. The molecule has 1 fully saturated rings. The second-order valence-electron chi connectivity index (χ2n) is 7.28. The van der Waals surface area contributed by atoms with Crippen molar-refractivity contribution in [2.75, 3.05) is 11.9 Å². The Hall–Kier alpha value is -2.44. The molecule has 1 N–H and O–H groups in total. The average Bonchev–Trinajstić information content (AvgIpc) is 3.49. The van der Waals surface area contributed by atoms with Crippen LogP contribution in [0.15, 0.2) is 58.6 Å². The van der Waals surface area contributed by atoms with Crippen LogP contribution in [0.2, 0.25) is 0 Å². The van der Waals surface area contributed by atoms with Crippen molar-refractivity contribution in [3.05, 3.63) is 74.6 Å². The summed E-state index contributed by atoms with van der Waals surface area (Å²) >= 11 is 3.39. The molecule has 6 heteroatoms. The van der Waals surface area contributed by atoms with Gasteiger partial charge in [0.1, 0.15) is 0 Å². The van der Waals surface area contributed by atoms with Crippen molar-refractivity contribution in [2.24, 2.45) is 0 Å². The molecule has 0 radical (unpaired) electrons. The first-order chi connectivity index (χ1) is 14.2. The maximum atomic E-state index is 13.1. The van der Waals surface area contributed by atoms with Crippen molar-refractivity contribution in [1.82, 2.24) is 4.90 Å². The molecule has 1 aliphatic heterocycles. The summed E-state index contributed by atoms with van der Waals surface area (Å²) in [5.41, 5.74) is 2.53. The highest BCUT2D eigenvalue weighted by Crippen LogP contribution is 2.34. The fourth-order valence-electron chi connectivity index (χ4n) is 3.82. The number of rotatable bonds is 7. The number of anilines is 1. The summed E-state index contributed by atoms with van der Waals surface area (Å²) in [7, 11) is 0. The van der Waals surface area contributed by atoms with Crippen LogP contribution in [0.3, 0.4) is 0 Å². The molecule has 3 heterocycles. The highest BCUT2D eigenvalue weighted by atomic mass is 32.1. The molecule has 29 heavy (non-hydrogen) atoms. The second-order valence-corrected chi connectivity index (χ2v) is 9.09. The summed E-state index contributed by atoms with van der Waals surface area (Å²) in [5.74, 6) is 0.0240. The van der Waals surface area contributed by atoms with Crippen molar-refractivity contribution < 1.29 is 9.59 Å².